The van der Waals surface area contributed by atoms with Crippen LogP contribution in [0.25, 0.3) is 0 Å². The number of pyridine rings is 1. The fourth-order valence-corrected chi connectivity index (χ4v) is 3.06. The van der Waals surface area contributed by atoms with Gasteiger partial charge in [-0.2, -0.15) is 0 Å². The van der Waals surface area contributed by atoms with Gasteiger partial charge in [0, 0.05) is 43.6 Å². The number of carbonyl (C=O) groups is 1. The molecule has 5 heteroatoms. The van der Waals surface area contributed by atoms with Crippen molar-refractivity contribution in [1.29, 1.82) is 0 Å². The van der Waals surface area contributed by atoms with Gasteiger partial charge in [0.1, 0.15) is 0 Å². The van der Waals surface area contributed by atoms with Crippen molar-refractivity contribution in [2.75, 3.05) is 24.5 Å². The lowest BCUT2D eigenvalue weighted by Crippen LogP contribution is -2.45. The molecule has 1 fully saturated rings. The lowest BCUT2D eigenvalue weighted by Gasteiger charge is -2.32. The van der Waals surface area contributed by atoms with Crippen LogP contribution in [-0.4, -0.2) is 30.5 Å². The molecule has 1 aliphatic heterocycles. The molecular weight excluding hydrogens is 300 g/mol. The molecule has 5 nitrogen and oxygen atoms in total. The molecule has 0 radical (unpaired) electrons. The fourth-order valence-electron chi connectivity index (χ4n) is 3.06. The molecule has 1 aliphatic rings. The minimum Gasteiger partial charge on any atom is -0.371 e. The van der Waals surface area contributed by atoms with E-state index in [0.29, 0.717) is 0 Å². The van der Waals surface area contributed by atoms with Gasteiger partial charge in [-0.3, -0.25) is 15.2 Å². The molecule has 24 heavy (non-hydrogen) atoms. The second-order valence-electron chi connectivity index (χ2n) is 6.12. The number of hydrazine groups is 1. The number of amides is 1. The molecule has 1 amide bonds. The Balaban J connectivity index is 1.36. The number of hydrogen-bond acceptors (Lipinski definition) is 4. The molecular formula is C19H24N4O. The quantitative estimate of drug-likeness (QED) is 0.631. The van der Waals surface area contributed by atoms with Crippen LogP contribution >= 0.6 is 0 Å². The predicted molar refractivity (Wildman–Crippen MR) is 95.5 cm³/mol. The molecule has 0 unspecified atom stereocenters. The molecule has 0 saturated carbocycles. The zero-order valence-electron chi connectivity index (χ0n) is 13.8. The van der Waals surface area contributed by atoms with Crippen molar-refractivity contribution < 1.29 is 4.79 Å². The number of benzene rings is 1. The Hall–Kier alpha value is -2.40. The van der Waals surface area contributed by atoms with E-state index < -0.39 is 0 Å². The summed E-state index contributed by atoms with van der Waals surface area (Å²) < 4.78 is 0. The highest BCUT2D eigenvalue weighted by Crippen LogP contribution is 2.22. The second-order valence-corrected chi connectivity index (χ2v) is 6.12. The van der Waals surface area contributed by atoms with Gasteiger partial charge in [-0.1, -0.05) is 30.3 Å². The lowest BCUT2D eigenvalue weighted by molar-refractivity contribution is -0.126. The first-order valence-corrected chi connectivity index (χ1v) is 8.54. The van der Waals surface area contributed by atoms with Crippen LogP contribution < -0.4 is 15.8 Å². The number of rotatable bonds is 6. The van der Waals surface area contributed by atoms with Crippen molar-refractivity contribution in [1.82, 2.24) is 15.8 Å². The fraction of sp³-hybridized carbons (Fsp3) is 0.368. The van der Waals surface area contributed by atoms with E-state index in [0.717, 1.165) is 38.9 Å². The van der Waals surface area contributed by atoms with Gasteiger partial charge >= 0.3 is 0 Å². The second kappa shape index (κ2) is 8.45. The molecule has 0 spiro atoms. The summed E-state index contributed by atoms with van der Waals surface area (Å²) in [6, 6.07) is 14.3. The van der Waals surface area contributed by atoms with Gasteiger partial charge in [0.05, 0.1) is 0 Å². The Kier molecular flexibility index (Phi) is 5.80. The zero-order chi connectivity index (χ0) is 16.6. The van der Waals surface area contributed by atoms with Crippen LogP contribution in [0.15, 0.2) is 54.9 Å². The van der Waals surface area contributed by atoms with Gasteiger partial charge < -0.3 is 4.90 Å². The average molecular weight is 324 g/mol. The highest BCUT2D eigenvalue weighted by Gasteiger charge is 2.24. The summed E-state index contributed by atoms with van der Waals surface area (Å²) in [5, 5.41) is 0. The number of hydrogen-bond donors (Lipinski definition) is 2. The third-order valence-electron chi connectivity index (χ3n) is 4.49. The molecule has 1 aromatic heterocycles. The maximum Gasteiger partial charge on any atom is 0.237 e. The van der Waals surface area contributed by atoms with Crippen LogP contribution in [0.1, 0.15) is 18.4 Å². The molecule has 2 N–H and O–H groups in total. The van der Waals surface area contributed by atoms with E-state index >= 15 is 0 Å². The maximum absolute atomic E-state index is 12.3. The third-order valence-corrected chi connectivity index (χ3v) is 4.49. The largest absolute Gasteiger partial charge is 0.371 e. The minimum absolute atomic E-state index is 0.0901. The van der Waals surface area contributed by atoms with E-state index in [9.17, 15) is 4.79 Å². The molecule has 0 bridgehead atoms. The monoisotopic (exact) mass is 324 g/mol. The Labute approximate surface area is 143 Å². The lowest BCUT2D eigenvalue weighted by atomic mass is 9.96. The normalized spacial score (nSPS) is 15.2. The van der Waals surface area contributed by atoms with Crippen LogP contribution in [0.4, 0.5) is 5.69 Å². The number of nitrogens with zero attached hydrogens (tertiary/aromatic N) is 2. The minimum atomic E-state index is 0.0901. The van der Waals surface area contributed by atoms with Crippen molar-refractivity contribution in [3.05, 3.63) is 60.4 Å². The third kappa shape index (κ3) is 4.55. The summed E-state index contributed by atoms with van der Waals surface area (Å²) in [6.07, 6.45) is 6.29. The topological polar surface area (TPSA) is 57.3 Å². The summed E-state index contributed by atoms with van der Waals surface area (Å²) in [5.74, 6) is 0.199. The van der Waals surface area contributed by atoms with Crippen molar-refractivity contribution in [3.63, 3.8) is 0 Å². The van der Waals surface area contributed by atoms with E-state index in [1.165, 1.54) is 11.3 Å². The zero-order valence-corrected chi connectivity index (χ0v) is 13.8. The standard InChI is InChI=1S/C19H24N4O/c24-19(22-21-13-6-16-4-2-1-3-5-16)17-9-14-23(15-10-17)18-7-11-20-12-8-18/h1-5,7-8,11-12,17,21H,6,9-10,13-15H2,(H,22,24). The Morgan fingerprint density at radius 3 is 2.50 bits per heavy atom. The van der Waals surface area contributed by atoms with Crippen LogP contribution in [0, 0.1) is 5.92 Å². The molecule has 3 rings (SSSR count). The highest BCUT2D eigenvalue weighted by atomic mass is 16.2. The van der Waals surface area contributed by atoms with Gasteiger partial charge in [-0.05, 0) is 37.0 Å². The Morgan fingerprint density at radius 1 is 1.08 bits per heavy atom. The van der Waals surface area contributed by atoms with Crippen molar-refractivity contribution in [2.45, 2.75) is 19.3 Å². The molecule has 0 aliphatic carbocycles. The van der Waals surface area contributed by atoms with E-state index in [2.05, 4.69) is 32.9 Å². The van der Waals surface area contributed by atoms with Gasteiger partial charge in [0.2, 0.25) is 5.91 Å². The summed E-state index contributed by atoms with van der Waals surface area (Å²) in [5.41, 5.74) is 8.37. The summed E-state index contributed by atoms with van der Waals surface area (Å²) in [6.45, 7) is 2.56. The smallest absolute Gasteiger partial charge is 0.237 e. The van der Waals surface area contributed by atoms with Gasteiger partial charge in [0.25, 0.3) is 0 Å². The summed E-state index contributed by atoms with van der Waals surface area (Å²) in [7, 11) is 0. The summed E-state index contributed by atoms with van der Waals surface area (Å²) >= 11 is 0. The first kappa shape index (κ1) is 16.5. The molecule has 126 valence electrons. The van der Waals surface area contributed by atoms with Gasteiger partial charge in [-0.15, -0.1) is 0 Å². The highest BCUT2D eigenvalue weighted by molar-refractivity contribution is 5.78. The van der Waals surface area contributed by atoms with Crippen LogP contribution in [0.3, 0.4) is 0 Å². The molecule has 0 atom stereocenters. The predicted octanol–water partition coefficient (Wildman–Crippen LogP) is 2.16. The summed E-state index contributed by atoms with van der Waals surface area (Å²) in [4.78, 5) is 18.6. The van der Waals surface area contributed by atoms with Gasteiger partial charge in [-0.25, -0.2) is 5.43 Å². The van der Waals surface area contributed by atoms with E-state index in [4.69, 9.17) is 0 Å². The Morgan fingerprint density at radius 2 is 1.79 bits per heavy atom. The molecule has 2 aromatic rings. The van der Waals surface area contributed by atoms with E-state index in [1.54, 1.807) is 0 Å². The number of piperidine rings is 1. The maximum atomic E-state index is 12.3. The van der Waals surface area contributed by atoms with Crippen LogP contribution in [-0.2, 0) is 11.2 Å². The van der Waals surface area contributed by atoms with E-state index in [1.807, 2.05) is 42.7 Å². The molecule has 1 saturated heterocycles. The van der Waals surface area contributed by atoms with E-state index in [-0.39, 0.29) is 11.8 Å². The Bertz CT molecular complexity index is 624. The van der Waals surface area contributed by atoms with Crippen LogP contribution in [0.2, 0.25) is 0 Å². The van der Waals surface area contributed by atoms with Crippen molar-refractivity contribution in [2.24, 2.45) is 5.92 Å². The SMILES string of the molecule is O=C(NNCCc1ccccc1)C1CCN(c2ccncc2)CC1. The molecule has 1 aromatic carbocycles. The first-order chi connectivity index (χ1) is 11.8. The van der Waals surface area contributed by atoms with Crippen molar-refractivity contribution >= 4 is 11.6 Å². The number of carbonyl (C=O) groups excluding carboxylic acids is 1. The number of anilines is 1. The van der Waals surface area contributed by atoms with Crippen LogP contribution in [0.5, 0.6) is 0 Å². The average Bonchev–Trinajstić information content (AvgIpc) is 2.67. The van der Waals surface area contributed by atoms with Crippen molar-refractivity contribution in [3.8, 4) is 0 Å². The number of aromatic nitrogens is 1. The molecule has 2 heterocycles. The van der Waals surface area contributed by atoms with Gasteiger partial charge in [0.15, 0.2) is 0 Å². The first-order valence-electron chi connectivity index (χ1n) is 8.54. The number of nitrogens with one attached hydrogen (secondary N) is 2.